The molecule has 0 bridgehead atoms. The van der Waals surface area contributed by atoms with Gasteiger partial charge in [0.2, 0.25) is 0 Å². The van der Waals surface area contributed by atoms with Crippen LogP contribution in [0.2, 0.25) is 0 Å². The van der Waals surface area contributed by atoms with Crippen LogP contribution < -0.4 is 5.32 Å². The summed E-state index contributed by atoms with van der Waals surface area (Å²) in [4.78, 5) is 22.6. The van der Waals surface area contributed by atoms with E-state index < -0.39 is 30.5 Å². The number of hydrogen-bond donors (Lipinski definition) is 2. The summed E-state index contributed by atoms with van der Waals surface area (Å²) in [7, 11) is 0. The number of carbonyl (C=O) groups excluding carboxylic acids is 1. The van der Waals surface area contributed by atoms with Gasteiger partial charge in [0.05, 0.1) is 6.42 Å². The first-order valence-electron chi connectivity index (χ1n) is 5.46. The third-order valence-electron chi connectivity index (χ3n) is 2.47. The number of halogens is 4. The molecule has 20 heavy (non-hydrogen) atoms. The second-order valence-corrected chi connectivity index (χ2v) is 5.06. The Hall–Kier alpha value is -1.57. The molecule has 0 spiro atoms. The predicted molar refractivity (Wildman–Crippen MR) is 68.4 cm³/mol. The minimum atomic E-state index is -4.68. The SMILES string of the molecule is Cc1cc(Br)ccc1C(=O)NC(CC(F)(F)F)C(=O)O. The summed E-state index contributed by atoms with van der Waals surface area (Å²) < 4.78 is 37.4. The summed E-state index contributed by atoms with van der Waals surface area (Å²) in [5.74, 6) is -2.59. The zero-order valence-electron chi connectivity index (χ0n) is 10.3. The topological polar surface area (TPSA) is 66.4 Å². The Morgan fingerprint density at radius 2 is 2.00 bits per heavy atom. The van der Waals surface area contributed by atoms with Gasteiger partial charge in [-0.3, -0.25) is 4.79 Å². The third-order valence-corrected chi connectivity index (χ3v) is 2.97. The Morgan fingerprint density at radius 1 is 1.40 bits per heavy atom. The number of benzene rings is 1. The zero-order valence-corrected chi connectivity index (χ0v) is 11.9. The Balaban J connectivity index is 2.88. The third kappa shape index (κ3) is 4.84. The molecule has 0 aliphatic rings. The lowest BCUT2D eigenvalue weighted by atomic mass is 10.1. The van der Waals surface area contributed by atoms with Crippen molar-refractivity contribution < 1.29 is 27.9 Å². The van der Waals surface area contributed by atoms with Crippen molar-refractivity contribution in [2.45, 2.75) is 25.6 Å². The highest BCUT2D eigenvalue weighted by molar-refractivity contribution is 9.10. The van der Waals surface area contributed by atoms with Crippen LogP contribution >= 0.6 is 15.9 Å². The van der Waals surface area contributed by atoms with Gasteiger partial charge in [-0.2, -0.15) is 13.2 Å². The van der Waals surface area contributed by atoms with E-state index in [2.05, 4.69) is 15.9 Å². The second kappa shape index (κ2) is 6.25. The van der Waals surface area contributed by atoms with Gasteiger partial charge in [0.1, 0.15) is 6.04 Å². The van der Waals surface area contributed by atoms with Crippen LogP contribution in [0.1, 0.15) is 22.3 Å². The molecule has 1 amide bonds. The van der Waals surface area contributed by atoms with E-state index in [0.717, 1.165) is 0 Å². The summed E-state index contributed by atoms with van der Waals surface area (Å²) in [6.07, 6.45) is -6.30. The molecular weight excluding hydrogens is 343 g/mol. The molecule has 1 atom stereocenters. The van der Waals surface area contributed by atoms with Crippen molar-refractivity contribution in [2.75, 3.05) is 0 Å². The number of amides is 1. The Labute approximate surface area is 121 Å². The van der Waals surface area contributed by atoms with Crippen LogP contribution in [0.5, 0.6) is 0 Å². The number of aliphatic carboxylic acids is 1. The fourth-order valence-electron chi connectivity index (χ4n) is 1.55. The van der Waals surface area contributed by atoms with Crippen molar-refractivity contribution >= 4 is 27.8 Å². The Morgan fingerprint density at radius 3 is 2.45 bits per heavy atom. The van der Waals surface area contributed by atoms with Gasteiger partial charge >= 0.3 is 12.1 Å². The number of carbonyl (C=O) groups is 2. The number of hydrogen-bond acceptors (Lipinski definition) is 2. The highest BCUT2D eigenvalue weighted by Crippen LogP contribution is 2.22. The van der Waals surface area contributed by atoms with Crippen LogP contribution in [0.4, 0.5) is 13.2 Å². The van der Waals surface area contributed by atoms with E-state index in [1.165, 1.54) is 6.07 Å². The van der Waals surface area contributed by atoms with Crippen LogP contribution in [-0.4, -0.2) is 29.2 Å². The fourth-order valence-corrected chi connectivity index (χ4v) is 2.02. The summed E-state index contributed by atoms with van der Waals surface area (Å²) in [6, 6.07) is 2.54. The quantitative estimate of drug-likeness (QED) is 0.874. The number of nitrogens with one attached hydrogen (secondary N) is 1. The maximum Gasteiger partial charge on any atom is 0.391 e. The summed E-state index contributed by atoms with van der Waals surface area (Å²) >= 11 is 3.18. The second-order valence-electron chi connectivity index (χ2n) is 4.14. The molecule has 0 saturated carbocycles. The van der Waals surface area contributed by atoms with E-state index in [1.807, 2.05) is 5.32 Å². The lowest BCUT2D eigenvalue weighted by Crippen LogP contribution is -2.43. The van der Waals surface area contributed by atoms with E-state index in [9.17, 15) is 22.8 Å². The van der Waals surface area contributed by atoms with Gasteiger partial charge in [-0.25, -0.2) is 4.79 Å². The lowest BCUT2D eigenvalue weighted by molar-refractivity contribution is -0.157. The van der Waals surface area contributed by atoms with Gasteiger partial charge < -0.3 is 10.4 Å². The van der Waals surface area contributed by atoms with Crippen molar-refractivity contribution in [1.29, 1.82) is 0 Å². The van der Waals surface area contributed by atoms with Gasteiger partial charge in [0.15, 0.2) is 0 Å². The molecular formula is C12H11BrF3NO3. The molecule has 1 aromatic carbocycles. The molecule has 4 nitrogen and oxygen atoms in total. The first-order valence-corrected chi connectivity index (χ1v) is 6.26. The molecule has 0 aliphatic heterocycles. The summed E-state index contributed by atoms with van der Waals surface area (Å²) in [5.41, 5.74) is 0.648. The van der Waals surface area contributed by atoms with Crippen LogP contribution in [-0.2, 0) is 4.79 Å². The summed E-state index contributed by atoms with van der Waals surface area (Å²) in [5, 5.41) is 10.6. The number of carboxylic acid groups (broad SMARTS) is 1. The average molecular weight is 354 g/mol. The number of carboxylic acids is 1. The van der Waals surface area contributed by atoms with Gasteiger partial charge in [-0.15, -0.1) is 0 Å². The normalized spacial score (nSPS) is 12.8. The molecule has 0 heterocycles. The van der Waals surface area contributed by atoms with Gasteiger partial charge in [-0.05, 0) is 30.7 Å². The highest BCUT2D eigenvalue weighted by atomic mass is 79.9. The van der Waals surface area contributed by atoms with Gasteiger partial charge in [0.25, 0.3) is 5.91 Å². The largest absolute Gasteiger partial charge is 0.480 e. The maximum absolute atomic E-state index is 12.2. The molecule has 0 saturated heterocycles. The Kier molecular flexibility index (Phi) is 5.15. The molecule has 1 unspecified atom stereocenters. The van der Waals surface area contributed by atoms with Crippen molar-refractivity contribution in [3.63, 3.8) is 0 Å². The average Bonchev–Trinajstić information content (AvgIpc) is 2.25. The molecule has 1 aromatic rings. The maximum atomic E-state index is 12.2. The van der Waals surface area contributed by atoms with Crippen molar-refractivity contribution in [3.05, 3.63) is 33.8 Å². The molecule has 2 N–H and O–H groups in total. The summed E-state index contributed by atoms with van der Waals surface area (Å²) in [6.45, 7) is 1.60. The van der Waals surface area contributed by atoms with Crippen LogP contribution in [0, 0.1) is 6.92 Å². The van der Waals surface area contributed by atoms with E-state index >= 15 is 0 Å². The molecule has 0 radical (unpaired) electrons. The monoisotopic (exact) mass is 353 g/mol. The number of rotatable bonds is 4. The number of aryl methyl sites for hydroxylation is 1. The zero-order chi connectivity index (χ0) is 15.5. The molecule has 1 rings (SSSR count). The van der Waals surface area contributed by atoms with Crippen LogP contribution in [0.3, 0.4) is 0 Å². The van der Waals surface area contributed by atoms with Crippen molar-refractivity contribution in [3.8, 4) is 0 Å². The standard InChI is InChI=1S/C12H11BrF3NO3/c1-6-4-7(13)2-3-8(6)10(18)17-9(11(19)20)5-12(14,15)16/h2-4,9H,5H2,1H3,(H,17,18)(H,19,20). The van der Waals surface area contributed by atoms with Crippen molar-refractivity contribution in [1.82, 2.24) is 5.32 Å². The van der Waals surface area contributed by atoms with E-state index in [0.29, 0.717) is 10.0 Å². The molecule has 110 valence electrons. The first kappa shape index (κ1) is 16.5. The minimum absolute atomic E-state index is 0.127. The smallest absolute Gasteiger partial charge is 0.391 e. The fraction of sp³-hybridized carbons (Fsp3) is 0.333. The molecule has 0 aliphatic carbocycles. The molecule has 0 fully saturated rings. The van der Waals surface area contributed by atoms with Gasteiger partial charge in [-0.1, -0.05) is 15.9 Å². The van der Waals surface area contributed by atoms with Crippen LogP contribution in [0.25, 0.3) is 0 Å². The van der Waals surface area contributed by atoms with Gasteiger partial charge in [0, 0.05) is 10.0 Å². The predicted octanol–water partition coefficient (Wildman–Crippen LogP) is 2.89. The first-order chi connectivity index (χ1) is 9.10. The Bertz CT molecular complexity index is 531. The molecule has 0 aromatic heterocycles. The highest BCUT2D eigenvalue weighted by Gasteiger charge is 2.36. The van der Waals surface area contributed by atoms with E-state index in [1.54, 1.807) is 19.1 Å². The molecule has 8 heteroatoms. The lowest BCUT2D eigenvalue weighted by Gasteiger charge is -2.17. The van der Waals surface area contributed by atoms with E-state index in [4.69, 9.17) is 5.11 Å². The van der Waals surface area contributed by atoms with Crippen LogP contribution in [0.15, 0.2) is 22.7 Å². The van der Waals surface area contributed by atoms with E-state index in [-0.39, 0.29) is 5.56 Å². The van der Waals surface area contributed by atoms with Crippen molar-refractivity contribution in [2.24, 2.45) is 0 Å². The number of alkyl halides is 3. The minimum Gasteiger partial charge on any atom is -0.480 e.